The Morgan fingerprint density at radius 2 is 1.78 bits per heavy atom. The Balaban J connectivity index is 2.63. The lowest BCUT2D eigenvalue weighted by Gasteiger charge is -2.17. The van der Waals surface area contributed by atoms with E-state index < -0.39 is 52.6 Å². The highest BCUT2D eigenvalue weighted by atomic mass is 32.2. The molecule has 1 rings (SSSR count). The van der Waals surface area contributed by atoms with Crippen molar-refractivity contribution in [2.75, 3.05) is 5.75 Å². The third-order valence-electron chi connectivity index (χ3n) is 2.87. The molecule has 0 unspecified atom stereocenters. The fourth-order valence-corrected chi connectivity index (χ4v) is 2.40. The number of benzene rings is 1. The molecule has 1 amide bonds. The summed E-state index contributed by atoms with van der Waals surface area (Å²) in [5.74, 6) is -7.30. The molecule has 0 radical (unpaired) electrons. The Bertz CT molecular complexity index is 662. The molecule has 0 spiro atoms. The zero-order chi connectivity index (χ0) is 17.7. The number of carboxylic acids is 1. The average Bonchev–Trinajstić information content (AvgIpc) is 2.44. The normalized spacial score (nSPS) is 13.3. The van der Waals surface area contributed by atoms with Crippen LogP contribution in [0.4, 0.5) is 8.78 Å². The van der Waals surface area contributed by atoms with E-state index in [9.17, 15) is 26.8 Å². The number of hydrogen-bond donors (Lipinski definition) is 3. The molecule has 3 N–H and O–H groups in total. The lowest BCUT2D eigenvalue weighted by molar-refractivity contribution is -0.141. The minimum Gasteiger partial charge on any atom is -0.480 e. The zero-order valence-corrected chi connectivity index (χ0v) is 12.6. The maximum Gasteiger partial charge on any atom is 0.327 e. The van der Waals surface area contributed by atoms with Gasteiger partial charge in [-0.1, -0.05) is 30.3 Å². The second kappa shape index (κ2) is 7.47. The minimum atomic E-state index is -4.64. The Labute approximate surface area is 131 Å². The van der Waals surface area contributed by atoms with E-state index in [1.165, 1.54) is 24.3 Å². The maximum absolute atomic E-state index is 13.9. The molecule has 128 valence electrons. The van der Waals surface area contributed by atoms with Gasteiger partial charge in [-0.2, -0.15) is 8.42 Å². The summed E-state index contributed by atoms with van der Waals surface area (Å²) in [5.41, 5.74) is -0.291. The number of carboxylic acid groups (broad SMARTS) is 1. The zero-order valence-electron chi connectivity index (χ0n) is 11.8. The molecule has 0 bridgehead atoms. The van der Waals surface area contributed by atoms with E-state index in [0.29, 0.717) is 0 Å². The number of carbonyl (C=O) groups is 2. The van der Waals surface area contributed by atoms with Gasteiger partial charge >= 0.3 is 5.97 Å². The van der Waals surface area contributed by atoms with Crippen molar-refractivity contribution in [3.05, 3.63) is 35.9 Å². The first-order valence-corrected chi connectivity index (χ1v) is 8.03. The van der Waals surface area contributed by atoms with Gasteiger partial charge in [-0.05, 0) is 0 Å². The van der Waals surface area contributed by atoms with Crippen molar-refractivity contribution in [1.29, 1.82) is 0 Å². The Morgan fingerprint density at radius 1 is 1.22 bits per heavy atom. The predicted octanol–water partition coefficient (Wildman–Crippen LogP) is 1.02. The quantitative estimate of drug-likeness (QED) is 0.601. The number of carbonyl (C=O) groups excluding carboxylic acids is 1. The minimum absolute atomic E-state index is 0.291. The summed E-state index contributed by atoms with van der Waals surface area (Å²) in [6.45, 7) is 0. The van der Waals surface area contributed by atoms with Gasteiger partial charge in [-0.25, -0.2) is 13.6 Å². The van der Waals surface area contributed by atoms with Crippen LogP contribution in [-0.4, -0.2) is 41.7 Å². The van der Waals surface area contributed by atoms with E-state index in [1.54, 1.807) is 11.4 Å². The summed E-state index contributed by atoms with van der Waals surface area (Å²) in [6, 6.07) is 4.85. The fraction of sp³-hybridized carbons (Fsp3) is 0.385. The van der Waals surface area contributed by atoms with Gasteiger partial charge in [0, 0.05) is 18.4 Å². The molecule has 0 saturated heterocycles. The number of halogens is 2. The van der Waals surface area contributed by atoms with E-state index in [2.05, 4.69) is 0 Å². The van der Waals surface area contributed by atoms with Gasteiger partial charge in [-0.15, -0.1) is 0 Å². The molecular weight excluding hydrogens is 336 g/mol. The van der Waals surface area contributed by atoms with Crippen LogP contribution in [0.25, 0.3) is 0 Å². The van der Waals surface area contributed by atoms with E-state index in [0.717, 1.165) is 0 Å². The second-order valence-electron chi connectivity index (χ2n) is 4.78. The summed E-state index contributed by atoms with van der Waals surface area (Å²) < 4.78 is 57.6. The van der Waals surface area contributed by atoms with Crippen LogP contribution < -0.4 is 5.32 Å². The standard InChI is InChI=1S/C13H15F2NO6S/c14-13(15,9-4-2-1-3-5-9)7-6-11(17)16-10(12(18)19)8-23(20,21)22/h1-5,10H,6-8H2,(H,16,17)(H,18,19)(H,20,21,22)/t10-/m0/s1. The summed E-state index contributed by atoms with van der Waals surface area (Å²) in [6.07, 6.45) is -1.59. The topological polar surface area (TPSA) is 121 Å². The predicted molar refractivity (Wildman–Crippen MR) is 75.6 cm³/mol. The van der Waals surface area contributed by atoms with Gasteiger partial charge < -0.3 is 10.4 Å². The van der Waals surface area contributed by atoms with Crippen LogP contribution in [0.2, 0.25) is 0 Å². The lowest BCUT2D eigenvalue weighted by Crippen LogP contribution is -2.45. The maximum atomic E-state index is 13.9. The van der Waals surface area contributed by atoms with Gasteiger partial charge in [0.2, 0.25) is 5.91 Å². The van der Waals surface area contributed by atoms with Crippen molar-refractivity contribution in [2.45, 2.75) is 24.8 Å². The first-order valence-electron chi connectivity index (χ1n) is 6.42. The van der Waals surface area contributed by atoms with Crippen LogP contribution >= 0.6 is 0 Å². The number of hydrogen-bond acceptors (Lipinski definition) is 4. The van der Waals surface area contributed by atoms with E-state index in [-0.39, 0.29) is 5.56 Å². The number of amides is 1. The number of alkyl halides is 2. The Kier molecular flexibility index (Phi) is 6.16. The van der Waals surface area contributed by atoms with Crippen molar-refractivity contribution < 1.29 is 36.4 Å². The molecule has 1 aromatic carbocycles. The first kappa shape index (κ1) is 19.0. The Hall–Kier alpha value is -2.07. The van der Waals surface area contributed by atoms with Crippen LogP contribution in [0.15, 0.2) is 30.3 Å². The van der Waals surface area contributed by atoms with Crippen LogP contribution in [0, 0.1) is 0 Å². The lowest BCUT2D eigenvalue weighted by atomic mass is 10.0. The van der Waals surface area contributed by atoms with Crippen LogP contribution in [0.5, 0.6) is 0 Å². The number of nitrogens with one attached hydrogen (secondary N) is 1. The summed E-state index contributed by atoms with van der Waals surface area (Å²) in [7, 11) is -4.64. The van der Waals surface area contributed by atoms with Gasteiger partial charge in [0.1, 0.15) is 11.8 Å². The first-order chi connectivity index (χ1) is 10.5. The van der Waals surface area contributed by atoms with Crippen LogP contribution in [0.1, 0.15) is 18.4 Å². The monoisotopic (exact) mass is 351 g/mol. The molecule has 0 aliphatic heterocycles. The third-order valence-corrected chi connectivity index (χ3v) is 3.63. The molecule has 10 heteroatoms. The molecule has 0 saturated carbocycles. The van der Waals surface area contributed by atoms with Gasteiger partial charge in [0.15, 0.2) is 0 Å². The molecule has 0 aliphatic carbocycles. The van der Waals surface area contributed by atoms with Crippen molar-refractivity contribution in [2.24, 2.45) is 0 Å². The molecular formula is C13H15F2NO6S. The molecule has 0 aromatic heterocycles. The fourth-order valence-electron chi connectivity index (χ4n) is 1.75. The van der Waals surface area contributed by atoms with Gasteiger partial charge in [0.05, 0.1) is 0 Å². The summed E-state index contributed by atoms with van der Waals surface area (Å²) in [5, 5.41) is 10.5. The number of aliphatic carboxylic acids is 1. The van der Waals surface area contributed by atoms with Crippen LogP contribution in [0.3, 0.4) is 0 Å². The largest absolute Gasteiger partial charge is 0.480 e. The van der Waals surface area contributed by atoms with Gasteiger partial charge in [-0.3, -0.25) is 9.35 Å². The molecule has 7 nitrogen and oxygen atoms in total. The molecule has 1 atom stereocenters. The highest BCUT2D eigenvalue weighted by Crippen LogP contribution is 2.32. The van der Waals surface area contributed by atoms with Crippen molar-refractivity contribution in [1.82, 2.24) is 5.32 Å². The second-order valence-corrected chi connectivity index (χ2v) is 6.27. The Morgan fingerprint density at radius 3 is 2.26 bits per heavy atom. The molecule has 1 aromatic rings. The van der Waals surface area contributed by atoms with Gasteiger partial charge in [0.25, 0.3) is 16.0 Å². The number of rotatable bonds is 8. The molecule has 0 aliphatic rings. The van der Waals surface area contributed by atoms with Crippen molar-refractivity contribution >= 4 is 22.0 Å². The molecule has 23 heavy (non-hydrogen) atoms. The third kappa shape index (κ3) is 6.70. The summed E-state index contributed by atoms with van der Waals surface area (Å²) >= 11 is 0. The molecule has 0 fully saturated rings. The average molecular weight is 351 g/mol. The summed E-state index contributed by atoms with van der Waals surface area (Å²) in [4.78, 5) is 22.3. The highest BCUT2D eigenvalue weighted by Gasteiger charge is 2.33. The van der Waals surface area contributed by atoms with E-state index in [4.69, 9.17) is 9.66 Å². The van der Waals surface area contributed by atoms with Crippen molar-refractivity contribution in [3.8, 4) is 0 Å². The van der Waals surface area contributed by atoms with Crippen LogP contribution in [-0.2, 0) is 25.6 Å². The van der Waals surface area contributed by atoms with E-state index in [1.807, 2.05) is 0 Å². The van der Waals surface area contributed by atoms with Crippen molar-refractivity contribution in [3.63, 3.8) is 0 Å². The van der Waals surface area contributed by atoms with E-state index >= 15 is 0 Å². The smallest absolute Gasteiger partial charge is 0.327 e. The SMILES string of the molecule is O=C(CCC(F)(F)c1ccccc1)N[C@@H](CS(=O)(=O)O)C(=O)O. The highest BCUT2D eigenvalue weighted by molar-refractivity contribution is 7.85. The molecule has 0 heterocycles.